The minimum atomic E-state index is -0.883. The van der Waals surface area contributed by atoms with Gasteiger partial charge in [0.25, 0.3) is 0 Å². The number of hydrogen-bond acceptors (Lipinski definition) is 2. The standard InChI is InChI=1S/C14H9F2NS/c1-9-2-3-10(8-17)14(6-9)18-11-4-5-12(15)13(16)7-11/h2-7H,1H3. The van der Waals surface area contributed by atoms with Crippen LogP contribution in [0.4, 0.5) is 8.78 Å². The van der Waals surface area contributed by atoms with Gasteiger partial charge in [-0.25, -0.2) is 8.78 Å². The van der Waals surface area contributed by atoms with Gasteiger partial charge in [-0.1, -0.05) is 17.8 Å². The quantitative estimate of drug-likeness (QED) is 0.805. The Morgan fingerprint density at radius 2 is 1.83 bits per heavy atom. The summed E-state index contributed by atoms with van der Waals surface area (Å²) in [5, 5.41) is 8.99. The van der Waals surface area contributed by atoms with Crippen LogP contribution in [-0.2, 0) is 0 Å². The molecule has 0 aromatic heterocycles. The molecule has 0 amide bonds. The predicted octanol–water partition coefficient (Wildman–Crippen LogP) is 4.30. The third-order valence-electron chi connectivity index (χ3n) is 2.38. The Morgan fingerprint density at radius 1 is 1.06 bits per heavy atom. The Bertz CT molecular complexity index is 632. The van der Waals surface area contributed by atoms with Crippen molar-refractivity contribution in [2.75, 3.05) is 0 Å². The third-order valence-corrected chi connectivity index (χ3v) is 3.42. The van der Waals surface area contributed by atoms with Crippen LogP contribution in [0.2, 0.25) is 0 Å². The van der Waals surface area contributed by atoms with Crippen LogP contribution in [0.5, 0.6) is 0 Å². The molecule has 0 aliphatic rings. The summed E-state index contributed by atoms with van der Waals surface area (Å²) in [5.74, 6) is -1.75. The van der Waals surface area contributed by atoms with Gasteiger partial charge in [0.05, 0.1) is 5.56 Å². The van der Waals surface area contributed by atoms with Crippen LogP contribution in [0.15, 0.2) is 46.2 Å². The van der Waals surface area contributed by atoms with Gasteiger partial charge >= 0.3 is 0 Å². The molecule has 0 heterocycles. The molecule has 2 rings (SSSR count). The molecule has 90 valence electrons. The van der Waals surface area contributed by atoms with Crippen LogP contribution < -0.4 is 0 Å². The zero-order valence-corrected chi connectivity index (χ0v) is 10.4. The molecular weight excluding hydrogens is 252 g/mol. The predicted molar refractivity (Wildman–Crippen MR) is 66.4 cm³/mol. The molecule has 0 aliphatic carbocycles. The van der Waals surface area contributed by atoms with Crippen LogP contribution in [0.1, 0.15) is 11.1 Å². The first-order valence-corrected chi connectivity index (χ1v) is 6.05. The van der Waals surface area contributed by atoms with Crippen LogP contribution >= 0.6 is 11.8 Å². The second kappa shape index (κ2) is 5.19. The van der Waals surface area contributed by atoms with Crippen molar-refractivity contribution < 1.29 is 8.78 Å². The monoisotopic (exact) mass is 261 g/mol. The average molecular weight is 261 g/mol. The van der Waals surface area contributed by atoms with Crippen molar-refractivity contribution in [1.29, 1.82) is 5.26 Å². The molecule has 0 bridgehead atoms. The summed E-state index contributed by atoms with van der Waals surface area (Å²) in [6.07, 6.45) is 0. The fourth-order valence-electron chi connectivity index (χ4n) is 1.47. The normalized spacial score (nSPS) is 10.1. The van der Waals surface area contributed by atoms with E-state index < -0.39 is 11.6 Å². The maximum absolute atomic E-state index is 13.1. The van der Waals surface area contributed by atoms with Crippen LogP contribution in [0.3, 0.4) is 0 Å². The van der Waals surface area contributed by atoms with Crippen molar-refractivity contribution in [2.45, 2.75) is 16.7 Å². The Balaban J connectivity index is 2.36. The molecule has 0 fully saturated rings. The maximum Gasteiger partial charge on any atom is 0.159 e. The number of aryl methyl sites for hydroxylation is 1. The molecule has 2 aromatic carbocycles. The highest BCUT2D eigenvalue weighted by molar-refractivity contribution is 7.99. The van der Waals surface area contributed by atoms with Gasteiger partial charge in [0.15, 0.2) is 11.6 Å². The van der Waals surface area contributed by atoms with Crippen molar-refractivity contribution in [3.8, 4) is 6.07 Å². The van der Waals surface area contributed by atoms with E-state index in [0.717, 1.165) is 22.6 Å². The van der Waals surface area contributed by atoms with E-state index in [0.29, 0.717) is 10.5 Å². The highest BCUT2D eigenvalue weighted by Gasteiger charge is 2.07. The highest BCUT2D eigenvalue weighted by Crippen LogP contribution is 2.31. The van der Waals surface area contributed by atoms with Crippen molar-refractivity contribution in [1.82, 2.24) is 0 Å². The van der Waals surface area contributed by atoms with Crippen molar-refractivity contribution in [2.24, 2.45) is 0 Å². The largest absolute Gasteiger partial charge is 0.204 e. The SMILES string of the molecule is Cc1ccc(C#N)c(Sc2ccc(F)c(F)c2)c1. The van der Waals surface area contributed by atoms with E-state index in [-0.39, 0.29) is 0 Å². The van der Waals surface area contributed by atoms with Gasteiger partial charge in [0, 0.05) is 9.79 Å². The van der Waals surface area contributed by atoms with Crippen molar-refractivity contribution >= 4 is 11.8 Å². The lowest BCUT2D eigenvalue weighted by Crippen LogP contribution is -1.86. The van der Waals surface area contributed by atoms with E-state index in [1.54, 1.807) is 6.07 Å². The molecule has 2 aromatic rings. The van der Waals surface area contributed by atoms with Crippen molar-refractivity contribution in [3.63, 3.8) is 0 Å². The summed E-state index contributed by atoms with van der Waals surface area (Å²) in [5.41, 5.74) is 1.54. The molecule has 0 aliphatic heterocycles. The van der Waals surface area contributed by atoms with Gasteiger partial charge in [0.2, 0.25) is 0 Å². The molecule has 0 saturated carbocycles. The van der Waals surface area contributed by atoms with E-state index in [2.05, 4.69) is 6.07 Å². The summed E-state index contributed by atoms with van der Waals surface area (Å²) in [6, 6.07) is 11.2. The highest BCUT2D eigenvalue weighted by atomic mass is 32.2. The lowest BCUT2D eigenvalue weighted by atomic mass is 10.2. The minimum Gasteiger partial charge on any atom is -0.204 e. The molecular formula is C14H9F2NS. The molecule has 0 spiro atoms. The summed E-state index contributed by atoms with van der Waals surface area (Å²) in [7, 11) is 0. The van der Waals surface area contributed by atoms with Gasteiger partial charge in [-0.15, -0.1) is 0 Å². The number of nitrogens with zero attached hydrogens (tertiary/aromatic N) is 1. The van der Waals surface area contributed by atoms with E-state index in [9.17, 15) is 8.78 Å². The molecule has 0 unspecified atom stereocenters. The number of halogens is 2. The fraction of sp³-hybridized carbons (Fsp3) is 0.0714. The lowest BCUT2D eigenvalue weighted by Gasteiger charge is -2.05. The summed E-state index contributed by atoms with van der Waals surface area (Å²) in [4.78, 5) is 1.31. The smallest absolute Gasteiger partial charge is 0.159 e. The summed E-state index contributed by atoms with van der Waals surface area (Å²) in [6.45, 7) is 1.91. The summed E-state index contributed by atoms with van der Waals surface area (Å²) < 4.78 is 25.9. The first-order valence-electron chi connectivity index (χ1n) is 5.24. The number of benzene rings is 2. The van der Waals surface area contributed by atoms with E-state index in [1.165, 1.54) is 17.8 Å². The molecule has 0 atom stereocenters. The topological polar surface area (TPSA) is 23.8 Å². The summed E-state index contributed by atoms with van der Waals surface area (Å²) >= 11 is 1.25. The van der Waals surface area contributed by atoms with Gasteiger partial charge in [-0.05, 0) is 42.8 Å². The number of hydrogen-bond donors (Lipinski definition) is 0. The van der Waals surface area contributed by atoms with Crippen LogP contribution in [-0.4, -0.2) is 0 Å². The Labute approximate surface area is 108 Å². The Morgan fingerprint density at radius 3 is 2.50 bits per heavy atom. The second-order valence-electron chi connectivity index (χ2n) is 3.79. The third kappa shape index (κ3) is 2.69. The molecule has 0 radical (unpaired) electrons. The molecule has 4 heteroatoms. The van der Waals surface area contributed by atoms with Gasteiger partial charge in [-0.3, -0.25) is 0 Å². The van der Waals surface area contributed by atoms with Gasteiger partial charge in [-0.2, -0.15) is 5.26 Å². The molecule has 1 nitrogen and oxygen atoms in total. The Hall–Kier alpha value is -1.86. The fourth-order valence-corrected chi connectivity index (χ4v) is 2.49. The van der Waals surface area contributed by atoms with Gasteiger partial charge in [0.1, 0.15) is 6.07 Å². The average Bonchev–Trinajstić information content (AvgIpc) is 2.34. The Kier molecular flexibility index (Phi) is 3.63. The van der Waals surface area contributed by atoms with Crippen LogP contribution in [0, 0.1) is 29.9 Å². The molecule has 0 saturated heterocycles. The zero-order valence-electron chi connectivity index (χ0n) is 9.58. The number of nitriles is 1. The lowest BCUT2D eigenvalue weighted by molar-refractivity contribution is 0.506. The number of rotatable bonds is 2. The first kappa shape index (κ1) is 12.6. The molecule has 18 heavy (non-hydrogen) atoms. The first-order chi connectivity index (χ1) is 8.60. The van der Waals surface area contributed by atoms with E-state index >= 15 is 0 Å². The minimum absolute atomic E-state index is 0.523. The van der Waals surface area contributed by atoms with Crippen LogP contribution in [0.25, 0.3) is 0 Å². The zero-order chi connectivity index (χ0) is 13.1. The van der Waals surface area contributed by atoms with E-state index in [4.69, 9.17) is 5.26 Å². The maximum atomic E-state index is 13.1. The van der Waals surface area contributed by atoms with E-state index in [1.807, 2.05) is 19.1 Å². The van der Waals surface area contributed by atoms with Gasteiger partial charge < -0.3 is 0 Å². The second-order valence-corrected chi connectivity index (χ2v) is 4.90. The van der Waals surface area contributed by atoms with Crippen molar-refractivity contribution in [3.05, 3.63) is 59.2 Å². The molecule has 0 N–H and O–H groups in total.